The Morgan fingerprint density at radius 3 is 2.71 bits per heavy atom. The number of benzene rings is 1. The molecule has 1 aromatic carbocycles. The quantitative estimate of drug-likeness (QED) is 0.848. The summed E-state index contributed by atoms with van der Waals surface area (Å²) in [6.07, 6.45) is 1.60. The van der Waals surface area contributed by atoms with E-state index in [2.05, 4.69) is 0 Å². The smallest absolute Gasteiger partial charge is 0.243 e. The second-order valence-electron chi connectivity index (χ2n) is 5.46. The third kappa shape index (κ3) is 3.26. The van der Waals surface area contributed by atoms with Gasteiger partial charge in [0.2, 0.25) is 10.0 Å². The summed E-state index contributed by atoms with van der Waals surface area (Å²) in [5.74, 6) is 0. The van der Waals surface area contributed by atoms with Crippen molar-refractivity contribution in [1.82, 2.24) is 4.31 Å². The first kappa shape index (κ1) is 16.4. The third-order valence-corrected chi connectivity index (χ3v) is 6.01. The van der Waals surface area contributed by atoms with Crippen LogP contribution in [0.3, 0.4) is 0 Å². The first-order chi connectivity index (χ1) is 9.80. The van der Waals surface area contributed by atoms with Crippen molar-refractivity contribution in [1.29, 1.82) is 0 Å². The monoisotopic (exact) mass is 328 g/mol. The van der Waals surface area contributed by atoms with Gasteiger partial charge < -0.3 is 10.5 Å². The van der Waals surface area contributed by atoms with Crippen LogP contribution in [0, 0.1) is 0 Å². The lowest BCUT2D eigenvalue weighted by Gasteiger charge is -2.38. The van der Waals surface area contributed by atoms with Crippen LogP contribution in [-0.4, -0.2) is 43.5 Å². The molecule has 2 N–H and O–H groups in total. The number of nitrogens with two attached hydrogens (primary N) is 1. The SMILES string of the molecule is COC1(C)CCCN(S(=O)(=O)c2ccccc2C(N)=S)C1. The number of hydrogen-bond donors (Lipinski definition) is 1. The van der Waals surface area contributed by atoms with Crippen LogP contribution in [0.25, 0.3) is 0 Å². The summed E-state index contributed by atoms with van der Waals surface area (Å²) in [4.78, 5) is 0.249. The van der Waals surface area contributed by atoms with Crippen molar-refractivity contribution in [2.45, 2.75) is 30.3 Å². The molecule has 1 aliphatic rings. The first-order valence-corrected chi connectivity index (χ1v) is 8.59. The molecule has 0 bridgehead atoms. The summed E-state index contributed by atoms with van der Waals surface area (Å²) in [5, 5.41) is 0. The maximum Gasteiger partial charge on any atom is 0.243 e. The highest BCUT2D eigenvalue weighted by Gasteiger charge is 2.37. The summed E-state index contributed by atoms with van der Waals surface area (Å²) in [6, 6.07) is 6.58. The Morgan fingerprint density at radius 2 is 2.10 bits per heavy atom. The number of nitrogens with zero attached hydrogens (tertiary/aromatic N) is 1. The molecule has 1 saturated heterocycles. The number of thiocarbonyl (C=S) groups is 1. The molecule has 1 unspecified atom stereocenters. The summed E-state index contributed by atoms with van der Waals surface area (Å²) in [5.41, 5.74) is 5.58. The fraction of sp³-hybridized carbons (Fsp3) is 0.500. The highest BCUT2D eigenvalue weighted by Crippen LogP contribution is 2.29. The van der Waals surface area contributed by atoms with Crippen molar-refractivity contribution in [2.24, 2.45) is 5.73 Å². The van der Waals surface area contributed by atoms with Crippen molar-refractivity contribution in [3.8, 4) is 0 Å². The van der Waals surface area contributed by atoms with Gasteiger partial charge in [-0.25, -0.2) is 8.42 Å². The number of sulfonamides is 1. The second-order valence-corrected chi connectivity index (χ2v) is 7.80. The summed E-state index contributed by atoms with van der Waals surface area (Å²) >= 11 is 4.96. The number of piperidine rings is 1. The highest BCUT2D eigenvalue weighted by atomic mass is 32.2. The summed E-state index contributed by atoms with van der Waals surface area (Å²) in [7, 11) is -2.02. The van der Waals surface area contributed by atoms with E-state index in [1.165, 1.54) is 4.31 Å². The summed E-state index contributed by atoms with van der Waals surface area (Å²) in [6.45, 7) is 2.73. The number of hydrogen-bond acceptors (Lipinski definition) is 4. The average Bonchev–Trinajstić information content (AvgIpc) is 2.47. The normalized spacial score (nSPS) is 23.9. The van der Waals surface area contributed by atoms with E-state index in [4.69, 9.17) is 22.7 Å². The lowest BCUT2D eigenvalue weighted by molar-refractivity contribution is -0.0319. The Hall–Kier alpha value is -1.02. The fourth-order valence-corrected chi connectivity index (χ4v) is 4.61. The van der Waals surface area contributed by atoms with Crippen LogP contribution in [0.15, 0.2) is 29.2 Å². The van der Waals surface area contributed by atoms with Gasteiger partial charge >= 0.3 is 0 Å². The minimum atomic E-state index is -3.63. The van der Waals surface area contributed by atoms with Gasteiger partial charge in [-0.15, -0.1) is 0 Å². The average molecular weight is 328 g/mol. The molecule has 5 nitrogen and oxygen atoms in total. The zero-order valence-corrected chi connectivity index (χ0v) is 13.8. The molecule has 0 spiro atoms. The molecule has 116 valence electrons. The largest absolute Gasteiger partial charge is 0.389 e. The molecule has 1 fully saturated rings. The standard InChI is InChI=1S/C14H20N2O3S2/c1-14(19-2)8-5-9-16(10-14)21(17,18)12-7-4-3-6-11(12)13(15)20/h3-4,6-7H,5,8-10H2,1-2H3,(H2,15,20). The molecule has 0 aromatic heterocycles. The highest BCUT2D eigenvalue weighted by molar-refractivity contribution is 7.89. The Morgan fingerprint density at radius 1 is 1.43 bits per heavy atom. The molecule has 0 saturated carbocycles. The molecule has 21 heavy (non-hydrogen) atoms. The van der Waals surface area contributed by atoms with E-state index in [1.807, 2.05) is 6.92 Å². The van der Waals surface area contributed by atoms with Crippen LogP contribution in [-0.2, 0) is 14.8 Å². The van der Waals surface area contributed by atoms with Gasteiger partial charge in [0.1, 0.15) is 4.99 Å². The third-order valence-electron chi connectivity index (χ3n) is 3.89. The van der Waals surface area contributed by atoms with Crippen LogP contribution in [0.4, 0.5) is 0 Å². The predicted molar refractivity (Wildman–Crippen MR) is 85.7 cm³/mol. The van der Waals surface area contributed by atoms with Gasteiger partial charge in [-0.05, 0) is 25.8 Å². The number of ether oxygens (including phenoxy) is 1. The zero-order chi connectivity index (χ0) is 15.7. The molecule has 0 aliphatic carbocycles. The fourth-order valence-electron chi connectivity index (χ4n) is 2.57. The molecule has 0 radical (unpaired) electrons. The van der Waals surface area contributed by atoms with E-state index in [0.717, 1.165) is 12.8 Å². The predicted octanol–water partition coefficient (Wildman–Crippen LogP) is 1.51. The van der Waals surface area contributed by atoms with Crippen molar-refractivity contribution >= 4 is 27.2 Å². The van der Waals surface area contributed by atoms with Gasteiger partial charge in [0, 0.05) is 25.8 Å². The molecule has 7 heteroatoms. The number of rotatable bonds is 4. The molecular weight excluding hydrogens is 308 g/mol. The second kappa shape index (κ2) is 6.00. The summed E-state index contributed by atoms with van der Waals surface area (Å²) < 4.78 is 32.7. The van der Waals surface area contributed by atoms with E-state index in [0.29, 0.717) is 18.7 Å². The van der Waals surface area contributed by atoms with Crippen molar-refractivity contribution < 1.29 is 13.2 Å². The maximum atomic E-state index is 12.9. The topological polar surface area (TPSA) is 72.6 Å². The van der Waals surface area contributed by atoms with Crippen LogP contribution in [0.5, 0.6) is 0 Å². The van der Waals surface area contributed by atoms with E-state index in [1.54, 1.807) is 31.4 Å². The van der Waals surface area contributed by atoms with Crippen molar-refractivity contribution in [3.05, 3.63) is 29.8 Å². The van der Waals surface area contributed by atoms with Gasteiger partial charge in [-0.1, -0.05) is 30.4 Å². The Balaban J connectivity index is 2.41. The maximum absolute atomic E-state index is 12.9. The van der Waals surface area contributed by atoms with Crippen LogP contribution in [0.1, 0.15) is 25.3 Å². The molecule has 1 atom stereocenters. The Labute approximate surface area is 131 Å². The lowest BCUT2D eigenvalue weighted by Crippen LogP contribution is -2.49. The van der Waals surface area contributed by atoms with Crippen molar-refractivity contribution in [2.75, 3.05) is 20.2 Å². The molecule has 2 rings (SSSR count). The van der Waals surface area contributed by atoms with E-state index in [9.17, 15) is 8.42 Å². The van der Waals surface area contributed by atoms with Gasteiger partial charge in [0.05, 0.1) is 10.5 Å². The Bertz CT molecular complexity index is 645. The number of methoxy groups -OCH3 is 1. The van der Waals surface area contributed by atoms with Gasteiger partial charge in [-0.3, -0.25) is 0 Å². The van der Waals surface area contributed by atoms with Crippen LogP contribution >= 0.6 is 12.2 Å². The molecule has 1 aromatic rings. The van der Waals surface area contributed by atoms with Crippen molar-refractivity contribution in [3.63, 3.8) is 0 Å². The molecule has 0 amide bonds. The van der Waals surface area contributed by atoms with Gasteiger partial charge in [-0.2, -0.15) is 4.31 Å². The van der Waals surface area contributed by atoms with Gasteiger partial charge in [0.25, 0.3) is 0 Å². The van der Waals surface area contributed by atoms with Crippen LogP contribution in [0.2, 0.25) is 0 Å². The first-order valence-electron chi connectivity index (χ1n) is 6.74. The minimum Gasteiger partial charge on any atom is -0.389 e. The molecule has 1 heterocycles. The molecule has 1 aliphatic heterocycles. The zero-order valence-electron chi connectivity index (χ0n) is 12.2. The Kier molecular flexibility index (Phi) is 4.67. The minimum absolute atomic E-state index is 0.0840. The lowest BCUT2D eigenvalue weighted by atomic mass is 9.96. The van der Waals surface area contributed by atoms with E-state index in [-0.39, 0.29) is 9.88 Å². The van der Waals surface area contributed by atoms with Crippen LogP contribution < -0.4 is 5.73 Å². The van der Waals surface area contributed by atoms with Gasteiger partial charge in [0.15, 0.2) is 0 Å². The van der Waals surface area contributed by atoms with E-state index >= 15 is 0 Å². The van der Waals surface area contributed by atoms with E-state index < -0.39 is 15.6 Å². The molecular formula is C14H20N2O3S2.